The summed E-state index contributed by atoms with van der Waals surface area (Å²) in [6, 6.07) is 9.07. The summed E-state index contributed by atoms with van der Waals surface area (Å²) in [6.07, 6.45) is 1.67. The minimum atomic E-state index is -3.74. The van der Waals surface area contributed by atoms with Crippen molar-refractivity contribution in [3.05, 3.63) is 53.7 Å². The van der Waals surface area contributed by atoms with Crippen molar-refractivity contribution in [2.24, 2.45) is 0 Å². The molecule has 1 aromatic heterocycles. The van der Waals surface area contributed by atoms with Gasteiger partial charge in [0, 0.05) is 24.4 Å². The number of carbonyl (C=O) groups is 1. The lowest BCUT2D eigenvalue weighted by molar-refractivity contribution is 0.0951. The molecule has 2 rings (SSSR count). The van der Waals surface area contributed by atoms with Crippen molar-refractivity contribution in [3.8, 4) is 5.88 Å². The first-order valence-corrected chi connectivity index (χ1v) is 9.35. The zero-order chi connectivity index (χ0) is 19.2. The number of nitrogens with zero attached hydrogens (tertiary/aromatic N) is 1. The van der Waals surface area contributed by atoms with Crippen LogP contribution in [0.1, 0.15) is 29.8 Å². The first-order chi connectivity index (χ1) is 12.3. The molecular weight excluding hydrogens is 358 g/mol. The first kappa shape index (κ1) is 19.8. The fourth-order valence-corrected chi connectivity index (χ4v) is 2.86. The maximum atomic E-state index is 12.2. The summed E-state index contributed by atoms with van der Waals surface area (Å²) in [5.41, 5.74) is 1.16. The molecule has 26 heavy (non-hydrogen) atoms. The van der Waals surface area contributed by atoms with E-state index in [1.807, 2.05) is 24.8 Å². The first-order valence-electron chi connectivity index (χ1n) is 7.86. The average molecular weight is 379 g/mol. The maximum Gasteiger partial charge on any atom is 0.262 e. The van der Waals surface area contributed by atoms with Gasteiger partial charge >= 0.3 is 0 Å². The molecule has 0 spiro atoms. The second-order valence-electron chi connectivity index (χ2n) is 5.67. The van der Waals surface area contributed by atoms with E-state index in [0.717, 1.165) is 5.56 Å². The number of rotatable bonds is 8. The largest absolute Gasteiger partial charge is 0.475 e. The van der Waals surface area contributed by atoms with Crippen LogP contribution in [-0.2, 0) is 21.4 Å². The second kappa shape index (κ2) is 8.75. The lowest BCUT2D eigenvalue weighted by atomic mass is 10.2. The Morgan fingerprint density at radius 3 is 2.38 bits per heavy atom. The number of hydrogen-bond acceptors (Lipinski definition) is 6. The van der Waals surface area contributed by atoms with Crippen LogP contribution >= 0.6 is 0 Å². The molecule has 0 bridgehead atoms. The van der Waals surface area contributed by atoms with Gasteiger partial charge in [-0.05, 0) is 43.7 Å². The molecule has 0 aliphatic rings. The minimum Gasteiger partial charge on any atom is -0.475 e. The van der Waals surface area contributed by atoms with Gasteiger partial charge < -0.3 is 10.1 Å². The highest BCUT2D eigenvalue weighted by Crippen LogP contribution is 2.12. The van der Waals surface area contributed by atoms with E-state index in [9.17, 15) is 13.2 Å². The molecule has 0 unspecified atom stereocenters. The van der Waals surface area contributed by atoms with Crippen LogP contribution in [0.2, 0.25) is 0 Å². The number of nitrogens with one attached hydrogen (secondary N) is 2. The third-order valence-corrected chi connectivity index (χ3v) is 4.51. The highest BCUT2D eigenvalue weighted by Gasteiger charge is 2.14. The van der Waals surface area contributed by atoms with Gasteiger partial charge in [-0.3, -0.25) is 9.63 Å². The van der Waals surface area contributed by atoms with Gasteiger partial charge in [-0.25, -0.2) is 13.4 Å². The molecule has 2 aromatic rings. The van der Waals surface area contributed by atoms with Crippen molar-refractivity contribution in [3.63, 3.8) is 0 Å². The topological polar surface area (TPSA) is 107 Å². The van der Waals surface area contributed by atoms with Crippen molar-refractivity contribution < 1.29 is 22.8 Å². The van der Waals surface area contributed by atoms with E-state index in [0.29, 0.717) is 18.0 Å². The van der Waals surface area contributed by atoms with E-state index in [4.69, 9.17) is 4.74 Å². The molecule has 2 N–H and O–H groups in total. The van der Waals surface area contributed by atoms with Crippen LogP contribution in [0.5, 0.6) is 5.88 Å². The molecule has 0 radical (unpaired) electrons. The molecule has 0 fully saturated rings. The van der Waals surface area contributed by atoms with E-state index in [1.165, 1.54) is 31.4 Å². The van der Waals surface area contributed by atoms with E-state index in [-0.39, 0.29) is 16.9 Å². The van der Waals surface area contributed by atoms with Gasteiger partial charge in [0.2, 0.25) is 5.88 Å². The standard InChI is InChI=1S/C17H21N3O5S/c1-12(2)25-16-9-4-13(10-18-16)11-19-17(21)14-5-7-15(8-6-14)26(22,23)20-24-3/h4-10,12,20H,11H2,1-3H3,(H,19,21). The average Bonchev–Trinajstić information content (AvgIpc) is 2.60. The number of aromatic nitrogens is 1. The number of hydrogen-bond donors (Lipinski definition) is 2. The predicted molar refractivity (Wildman–Crippen MR) is 94.9 cm³/mol. The molecule has 9 heteroatoms. The molecule has 1 amide bonds. The summed E-state index contributed by atoms with van der Waals surface area (Å²) in [4.78, 5) is 22.7. The van der Waals surface area contributed by atoms with Crippen molar-refractivity contribution in [2.75, 3.05) is 7.11 Å². The zero-order valence-electron chi connectivity index (χ0n) is 14.7. The lowest BCUT2D eigenvalue weighted by Crippen LogP contribution is -2.24. The van der Waals surface area contributed by atoms with Crippen molar-refractivity contribution in [2.45, 2.75) is 31.4 Å². The Morgan fingerprint density at radius 2 is 1.85 bits per heavy atom. The summed E-state index contributed by atoms with van der Waals surface area (Å²) in [5.74, 6) is 0.202. The normalized spacial score (nSPS) is 11.4. The van der Waals surface area contributed by atoms with Gasteiger partial charge in [-0.15, -0.1) is 0 Å². The predicted octanol–water partition coefficient (Wildman–Crippen LogP) is 1.64. The van der Waals surface area contributed by atoms with Crippen LogP contribution in [0.25, 0.3) is 0 Å². The Hall–Kier alpha value is -2.49. The van der Waals surface area contributed by atoms with Gasteiger partial charge in [-0.1, -0.05) is 11.0 Å². The summed E-state index contributed by atoms with van der Waals surface area (Å²) in [6.45, 7) is 4.12. The minimum absolute atomic E-state index is 0.000779. The number of ether oxygens (including phenoxy) is 1. The van der Waals surface area contributed by atoms with Gasteiger partial charge in [0.15, 0.2) is 0 Å². The quantitative estimate of drug-likeness (QED) is 0.675. The van der Waals surface area contributed by atoms with Crippen molar-refractivity contribution >= 4 is 15.9 Å². The SMILES string of the molecule is CONS(=O)(=O)c1ccc(C(=O)NCc2ccc(OC(C)C)nc2)cc1. The smallest absolute Gasteiger partial charge is 0.262 e. The van der Waals surface area contributed by atoms with Crippen molar-refractivity contribution in [1.82, 2.24) is 15.2 Å². The third kappa shape index (κ3) is 5.51. The third-order valence-electron chi connectivity index (χ3n) is 3.23. The van der Waals surface area contributed by atoms with Crippen LogP contribution < -0.4 is 14.9 Å². The van der Waals surface area contributed by atoms with Gasteiger partial charge in [0.25, 0.3) is 15.9 Å². The molecule has 0 atom stereocenters. The Balaban J connectivity index is 1.95. The molecule has 0 saturated carbocycles. The molecule has 1 heterocycles. The Bertz CT molecular complexity index is 834. The number of sulfonamides is 1. The summed E-state index contributed by atoms with van der Waals surface area (Å²) < 4.78 is 29.0. The molecule has 0 saturated heterocycles. The molecule has 8 nitrogen and oxygen atoms in total. The summed E-state index contributed by atoms with van der Waals surface area (Å²) in [5, 5.41) is 2.75. The monoisotopic (exact) mass is 379 g/mol. The van der Waals surface area contributed by atoms with Crippen LogP contribution in [-0.4, -0.2) is 32.5 Å². The summed E-state index contributed by atoms with van der Waals surface area (Å²) >= 11 is 0. The number of carbonyl (C=O) groups excluding carboxylic acids is 1. The van der Waals surface area contributed by atoms with Gasteiger partial charge in [0.05, 0.1) is 18.1 Å². The zero-order valence-corrected chi connectivity index (χ0v) is 15.5. The van der Waals surface area contributed by atoms with Gasteiger partial charge in [0.1, 0.15) is 0 Å². The van der Waals surface area contributed by atoms with Crippen LogP contribution in [0.15, 0.2) is 47.5 Å². The van der Waals surface area contributed by atoms with Gasteiger partial charge in [-0.2, -0.15) is 0 Å². The molecule has 140 valence electrons. The van der Waals surface area contributed by atoms with Crippen molar-refractivity contribution in [1.29, 1.82) is 0 Å². The fraction of sp³-hybridized carbons (Fsp3) is 0.294. The second-order valence-corrected chi connectivity index (χ2v) is 7.31. The molecular formula is C17H21N3O5S. The number of benzene rings is 1. The highest BCUT2D eigenvalue weighted by molar-refractivity contribution is 7.89. The number of amides is 1. The number of pyridine rings is 1. The summed E-state index contributed by atoms with van der Waals surface area (Å²) in [7, 11) is -2.54. The van der Waals surface area contributed by atoms with E-state index >= 15 is 0 Å². The highest BCUT2D eigenvalue weighted by atomic mass is 32.2. The molecule has 1 aromatic carbocycles. The Kier molecular flexibility index (Phi) is 6.67. The van der Waals surface area contributed by atoms with E-state index < -0.39 is 10.0 Å². The fourth-order valence-electron chi connectivity index (χ4n) is 2.05. The Morgan fingerprint density at radius 1 is 1.15 bits per heavy atom. The Labute approximate surface area is 152 Å². The lowest BCUT2D eigenvalue weighted by Gasteiger charge is -2.10. The molecule has 0 aliphatic heterocycles. The maximum absolute atomic E-state index is 12.2. The van der Waals surface area contributed by atoms with Crippen LogP contribution in [0.4, 0.5) is 0 Å². The van der Waals surface area contributed by atoms with Crippen LogP contribution in [0, 0.1) is 0 Å². The van der Waals surface area contributed by atoms with Crippen LogP contribution in [0.3, 0.4) is 0 Å². The molecule has 0 aliphatic carbocycles. The van der Waals surface area contributed by atoms with E-state index in [2.05, 4.69) is 15.1 Å². The van der Waals surface area contributed by atoms with E-state index in [1.54, 1.807) is 12.3 Å².